The summed E-state index contributed by atoms with van der Waals surface area (Å²) in [6.07, 6.45) is 24.4. The topological polar surface area (TPSA) is 388 Å². The Morgan fingerprint density at radius 3 is 0.865 bits per heavy atom. The first kappa shape index (κ1) is 106. The van der Waals surface area contributed by atoms with Crippen molar-refractivity contribution in [1.82, 2.24) is 59.8 Å². The molecule has 1 saturated heterocycles. The first-order chi connectivity index (χ1) is 67.3. The maximum Gasteiger partial charge on any atom is 0.416 e. The Kier molecular flexibility index (Phi) is 34.8. The van der Waals surface area contributed by atoms with Crippen molar-refractivity contribution in [2.75, 3.05) is 52.9 Å². The SMILES string of the molecule is Cc1cc(C(F)(F)F)cc(C2(Cc3ncc(C(=O)CO)cn3)CC2)c1.Cc1cc(C(F)(F)F)cc(C2(Cc3ncc(C(=O)CO)cn3)CC2)c1.O=C(CO)c1cnc(CC2(c3cc(Cl)cc(Cl)c3)CC2)nc1.O=C(CO)c1cnc(CC2(c3ccc(F)cc3)CCCC2)nc1.O=C(CO)c1cnc(CC2(c3ccc(F)cc3Cl)CC2)nc1.O=C(CO)c1cnc(CC2(c3cccc(F)c3)CCOCC2)nc1. The molecule has 6 N–H and O–H groups in total. The highest BCUT2D eigenvalue weighted by molar-refractivity contribution is 6.34. The number of ether oxygens (including phenoxy) is 1. The molecular formula is C104H100Cl3F9N12O13. The third-order valence-corrected chi connectivity index (χ3v) is 27.1. The lowest BCUT2D eigenvalue weighted by atomic mass is 9.71. The number of rotatable bonds is 30. The summed E-state index contributed by atoms with van der Waals surface area (Å²) in [7, 11) is 0. The fourth-order valence-electron chi connectivity index (χ4n) is 17.6. The minimum Gasteiger partial charge on any atom is -0.388 e. The lowest BCUT2D eigenvalue weighted by Gasteiger charge is -2.37. The molecule has 0 radical (unpaired) electrons. The Bertz CT molecular complexity index is 6260. The Morgan fingerprint density at radius 1 is 0.305 bits per heavy atom. The van der Waals surface area contributed by atoms with Gasteiger partial charge in [0.15, 0.2) is 34.7 Å². The largest absolute Gasteiger partial charge is 0.416 e. The van der Waals surface area contributed by atoms with E-state index in [1.807, 2.05) is 30.3 Å². The Labute approximate surface area is 820 Å². The normalized spacial score (nSPS) is 16.0. The second-order valence-electron chi connectivity index (χ2n) is 36.3. The summed E-state index contributed by atoms with van der Waals surface area (Å²) in [4.78, 5) is 119. The molecule has 0 unspecified atom stereocenters. The molecule has 0 bridgehead atoms. The van der Waals surface area contributed by atoms with Gasteiger partial charge in [-0.2, -0.15) is 26.3 Å². The van der Waals surface area contributed by atoms with Crippen molar-refractivity contribution in [3.8, 4) is 0 Å². The zero-order valence-electron chi connectivity index (χ0n) is 76.7. The van der Waals surface area contributed by atoms with E-state index in [-0.39, 0.29) is 83.8 Å². The number of aryl methyl sites for hydroxylation is 2. The molecule has 5 saturated carbocycles. The van der Waals surface area contributed by atoms with Crippen molar-refractivity contribution in [3.05, 3.63) is 352 Å². The number of nitrogens with zero attached hydrogens (tertiary/aromatic N) is 12. The fourth-order valence-corrected chi connectivity index (χ4v) is 18.5. The van der Waals surface area contributed by atoms with Crippen LogP contribution in [0.4, 0.5) is 39.5 Å². The van der Waals surface area contributed by atoms with E-state index in [4.69, 9.17) is 70.2 Å². The van der Waals surface area contributed by atoms with Gasteiger partial charge in [-0.15, -0.1) is 0 Å². The number of hydrogen-bond acceptors (Lipinski definition) is 25. The summed E-state index contributed by atoms with van der Waals surface area (Å²) < 4.78 is 124. The summed E-state index contributed by atoms with van der Waals surface area (Å²) in [6.45, 7) is 1.10. The number of carbonyl (C=O) groups is 6. The number of halogens is 12. The van der Waals surface area contributed by atoms with Gasteiger partial charge in [-0.25, -0.2) is 73.0 Å². The molecular weight excluding hydrogens is 1900 g/mol. The summed E-state index contributed by atoms with van der Waals surface area (Å²) in [6, 6.07) is 31.7. The molecule has 7 heterocycles. The highest BCUT2D eigenvalue weighted by atomic mass is 35.5. The van der Waals surface area contributed by atoms with Gasteiger partial charge < -0.3 is 35.4 Å². The predicted molar refractivity (Wildman–Crippen MR) is 501 cm³/mol. The molecule has 1 aliphatic heterocycles. The molecule has 141 heavy (non-hydrogen) atoms. The fraction of sp³-hybridized carbons (Fsp3) is 0.365. The van der Waals surface area contributed by atoms with Crippen molar-refractivity contribution in [2.24, 2.45) is 0 Å². The van der Waals surface area contributed by atoms with Crippen LogP contribution < -0.4 is 0 Å². The molecule has 5 aliphatic carbocycles. The van der Waals surface area contributed by atoms with E-state index in [0.717, 1.165) is 124 Å². The molecule has 0 atom stereocenters. The second kappa shape index (κ2) is 46.2. The summed E-state index contributed by atoms with van der Waals surface area (Å²) in [5, 5.41) is 54.7. The summed E-state index contributed by atoms with van der Waals surface area (Å²) in [5.74, 6) is 0.117. The van der Waals surface area contributed by atoms with Crippen LogP contribution in [-0.2, 0) is 88.1 Å². The van der Waals surface area contributed by atoms with E-state index in [1.165, 1.54) is 117 Å². The van der Waals surface area contributed by atoms with E-state index in [2.05, 4.69) is 59.8 Å². The van der Waals surface area contributed by atoms with Gasteiger partial charge in [0, 0.05) is 174 Å². The van der Waals surface area contributed by atoms with E-state index in [1.54, 1.807) is 50.2 Å². The van der Waals surface area contributed by atoms with Crippen molar-refractivity contribution >= 4 is 69.5 Å². The minimum absolute atomic E-state index is 0.0168. The van der Waals surface area contributed by atoms with Gasteiger partial charge in [0.1, 0.15) is 92.0 Å². The van der Waals surface area contributed by atoms with Gasteiger partial charge in [-0.05, 0) is 203 Å². The minimum atomic E-state index is -4.38. The lowest BCUT2D eigenvalue weighted by molar-refractivity contribution is -0.138. The van der Waals surface area contributed by atoms with Crippen molar-refractivity contribution in [2.45, 2.75) is 187 Å². The first-order valence-electron chi connectivity index (χ1n) is 45.4. The highest BCUT2D eigenvalue weighted by Gasteiger charge is 2.50. The number of alkyl halides is 6. The maximum atomic E-state index is 13.7. The first-order valence-corrected chi connectivity index (χ1v) is 46.5. The maximum absolute atomic E-state index is 13.7. The lowest BCUT2D eigenvalue weighted by Crippen LogP contribution is -2.36. The van der Waals surface area contributed by atoms with Crippen LogP contribution in [0.15, 0.2) is 196 Å². The highest BCUT2D eigenvalue weighted by Crippen LogP contribution is 2.56. The van der Waals surface area contributed by atoms with Gasteiger partial charge >= 0.3 is 12.4 Å². The van der Waals surface area contributed by atoms with Gasteiger partial charge in [0.2, 0.25) is 0 Å². The average Bonchev–Trinajstić information content (AvgIpc) is 1.61. The number of hydrogen-bond donors (Lipinski definition) is 6. The van der Waals surface area contributed by atoms with Crippen molar-refractivity contribution in [1.29, 1.82) is 0 Å². The molecule has 6 fully saturated rings. The Hall–Kier alpha value is -12.2. The molecule has 18 rings (SSSR count). The molecule has 6 aromatic heterocycles. The Balaban J connectivity index is 0.000000142. The van der Waals surface area contributed by atoms with Crippen LogP contribution in [0.5, 0.6) is 0 Å². The van der Waals surface area contributed by atoms with Crippen molar-refractivity contribution in [3.63, 3.8) is 0 Å². The second-order valence-corrected chi connectivity index (χ2v) is 37.6. The summed E-state index contributed by atoms with van der Waals surface area (Å²) >= 11 is 18.3. The molecule has 25 nitrogen and oxygen atoms in total. The van der Waals surface area contributed by atoms with E-state index in [0.29, 0.717) is 135 Å². The van der Waals surface area contributed by atoms with Crippen LogP contribution in [-0.4, -0.2) is 178 Å². The molecule has 0 amide bonds. The van der Waals surface area contributed by atoms with Gasteiger partial charge in [0.25, 0.3) is 0 Å². The smallest absolute Gasteiger partial charge is 0.388 e. The number of benzene rings is 6. The molecule has 738 valence electrons. The van der Waals surface area contributed by atoms with Crippen LogP contribution in [0.2, 0.25) is 15.1 Å². The van der Waals surface area contributed by atoms with Gasteiger partial charge in [-0.3, -0.25) is 28.8 Å². The standard InChI is InChI=1S/2C18H17F3N2O2.C18H19FN2O3.C18H19FN2O2.C16H14Cl2N2O2.C16H14ClFN2O2/c2*1-11-4-13(6-14(5-11)18(19,20)21)17(2-3-17)7-16-22-8-12(9-23-16)15(25)10-24;19-15-3-1-2-14(8-15)18(4-6-24-7-5-18)9-17-20-10-13(11-21-17)16(23)12-22;19-15-5-3-14(4-6-15)18(7-1-2-8-18)9-17-20-10-13(11-21-17)16(23)12-22;17-12-3-11(4-13(18)5-12)16(1-2-16)6-15-19-7-10(8-20-15)14(22)9-21;17-13-5-11(18)1-2-12(13)16(3-4-16)6-15-19-7-10(8-20-15)14(22)9-21/h2*4-6,8-9,24H,2-3,7,10H2,1H3;1-3,8,10-11,22H,4-7,9,12H2;3-6,10-11,22H,1-2,7-9,12H2;3-5,7-8,21H,1-2,6,9H2;1-2,5,7-8,21H,3-4,6,9H2. The molecule has 0 spiro atoms. The van der Waals surface area contributed by atoms with Crippen LogP contribution in [0, 0.1) is 31.3 Å². The quantitative estimate of drug-likeness (QED) is 0.0180. The number of ketones is 6. The average molecular weight is 2000 g/mol. The third-order valence-electron chi connectivity index (χ3n) is 26.3. The van der Waals surface area contributed by atoms with E-state index in [9.17, 15) is 68.3 Å². The number of aromatic nitrogens is 12. The zero-order chi connectivity index (χ0) is 101. The number of aliphatic hydroxyl groups excluding tert-OH is 6. The Morgan fingerprint density at radius 2 is 0.582 bits per heavy atom. The van der Waals surface area contributed by atoms with Crippen molar-refractivity contribution < 1.29 is 104 Å². The summed E-state index contributed by atoms with van der Waals surface area (Å²) in [5.41, 5.74) is 5.60. The third kappa shape index (κ3) is 27.8. The van der Waals surface area contributed by atoms with E-state index < -0.39 is 86.3 Å². The molecule has 6 aliphatic rings. The number of Topliss-reactive ketones (excluding diaryl/α,β-unsaturated/α-hetero) is 6. The van der Waals surface area contributed by atoms with E-state index >= 15 is 0 Å². The van der Waals surface area contributed by atoms with Gasteiger partial charge in [0.05, 0.1) is 44.5 Å². The zero-order valence-corrected chi connectivity index (χ0v) is 79.0. The number of aliphatic hydroxyl groups is 6. The van der Waals surface area contributed by atoms with Crippen LogP contribution >= 0.6 is 34.8 Å². The predicted octanol–water partition coefficient (Wildman–Crippen LogP) is 17.4. The van der Waals surface area contributed by atoms with Crippen LogP contribution in [0.1, 0.15) is 243 Å². The van der Waals surface area contributed by atoms with Crippen LogP contribution in [0.25, 0.3) is 0 Å². The molecule has 37 heteroatoms. The van der Waals surface area contributed by atoms with Gasteiger partial charge in [-0.1, -0.05) is 101 Å². The number of carbonyl (C=O) groups excluding carboxylic acids is 6. The van der Waals surface area contributed by atoms with Crippen LogP contribution in [0.3, 0.4) is 0 Å². The molecule has 6 aromatic carbocycles. The molecule has 12 aromatic rings. The monoisotopic (exact) mass is 2000 g/mol.